The van der Waals surface area contributed by atoms with Crippen LogP contribution in [-0.4, -0.2) is 12.1 Å². The highest BCUT2D eigenvalue weighted by molar-refractivity contribution is 7.11. The van der Waals surface area contributed by atoms with Gasteiger partial charge < -0.3 is 15.8 Å². The third-order valence-corrected chi connectivity index (χ3v) is 3.99. The largest absolute Gasteiger partial charge is 0.496 e. The first kappa shape index (κ1) is 13.8. The molecule has 1 aromatic heterocycles. The lowest BCUT2D eigenvalue weighted by atomic mass is 10.2. The molecule has 0 unspecified atom stereocenters. The number of aromatic nitrogens is 1. The van der Waals surface area contributed by atoms with Gasteiger partial charge in [-0.05, 0) is 12.5 Å². The normalized spacial score (nSPS) is 10.6. The lowest BCUT2D eigenvalue weighted by molar-refractivity contribution is 0.408. The minimum absolute atomic E-state index is 0.716. The van der Waals surface area contributed by atoms with Gasteiger partial charge >= 0.3 is 0 Å². The molecule has 1 aromatic carbocycles. The fourth-order valence-electron chi connectivity index (χ4n) is 1.80. The van der Waals surface area contributed by atoms with Crippen LogP contribution in [0.1, 0.15) is 22.4 Å². The summed E-state index contributed by atoms with van der Waals surface area (Å²) in [5.74, 6) is 0.820. The first-order valence-corrected chi connectivity index (χ1v) is 7.11. The van der Waals surface area contributed by atoms with Crippen molar-refractivity contribution in [2.24, 2.45) is 0 Å². The van der Waals surface area contributed by atoms with Crippen molar-refractivity contribution in [2.45, 2.75) is 26.4 Å². The zero-order chi connectivity index (χ0) is 13.7. The summed E-state index contributed by atoms with van der Waals surface area (Å²) in [4.78, 5) is 5.70. The molecule has 2 aromatic rings. The van der Waals surface area contributed by atoms with E-state index in [0.29, 0.717) is 5.69 Å². The van der Waals surface area contributed by atoms with E-state index in [1.54, 1.807) is 18.4 Å². The van der Waals surface area contributed by atoms with E-state index in [9.17, 15) is 0 Å². The molecule has 0 bridgehead atoms. The summed E-state index contributed by atoms with van der Waals surface area (Å²) in [6, 6.07) is 5.72. The molecule has 5 heteroatoms. The number of hydrogen-bond donors (Lipinski definition) is 2. The van der Waals surface area contributed by atoms with Crippen molar-refractivity contribution >= 4 is 17.0 Å². The van der Waals surface area contributed by atoms with E-state index >= 15 is 0 Å². The minimum atomic E-state index is 0.716. The molecule has 0 fully saturated rings. The molecule has 19 heavy (non-hydrogen) atoms. The van der Waals surface area contributed by atoms with Crippen LogP contribution >= 0.6 is 11.3 Å². The Morgan fingerprint density at radius 2 is 2.21 bits per heavy atom. The highest BCUT2D eigenvalue weighted by atomic mass is 32.1. The van der Waals surface area contributed by atoms with Crippen molar-refractivity contribution in [3.63, 3.8) is 0 Å². The molecule has 102 valence electrons. The smallest absolute Gasteiger partial charge is 0.125 e. The van der Waals surface area contributed by atoms with Gasteiger partial charge in [-0.15, -0.1) is 11.3 Å². The molecule has 3 N–H and O–H groups in total. The number of nitrogens with zero attached hydrogens (tertiary/aromatic N) is 1. The summed E-state index contributed by atoms with van der Waals surface area (Å²) in [5.41, 5.74) is 7.55. The number of nitrogens with two attached hydrogens (primary N) is 1. The van der Waals surface area contributed by atoms with E-state index < -0.39 is 0 Å². The summed E-state index contributed by atoms with van der Waals surface area (Å²) in [7, 11) is 1.66. The highest BCUT2D eigenvalue weighted by Crippen LogP contribution is 2.21. The predicted molar refractivity (Wildman–Crippen MR) is 79.4 cm³/mol. The van der Waals surface area contributed by atoms with E-state index in [-0.39, 0.29) is 0 Å². The van der Waals surface area contributed by atoms with Crippen LogP contribution in [0.2, 0.25) is 0 Å². The minimum Gasteiger partial charge on any atom is -0.496 e. The average Bonchev–Trinajstić information content (AvgIpc) is 2.88. The van der Waals surface area contributed by atoms with E-state index in [1.165, 1.54) is 4.88 Å². The van der Waals surface area contributed by atoms with E-state index in [2.05, 4.69) is 17.2 Å². The maximum Gasteiger partial charge on any atom is 0.125 e. The molecule has 0 aliphatic rings. The second kappa shape index (κ2) is 6.54. The van der Waals surface area contributed by atoms with Crippen molar-refractivity contribution < 1.29 is 4.74 Å². The molecule has 0 amide bonds. The van der Waals surface area contributed by atoms with Crippen LogP contribution < -0.4 is 15.8 Å². The Morgan fingerprint density at radius 3 is 2.89 bits per heavy atom. The Balaban J connectivity index is 1.92. The number of aryl methyl sites for hydroxylation is 1. The number of hydrogen-bond acceptors (Lipinski definition) is 5. The van der Waals surface area contributed by atoms with Crippen LogP contribution in [0.4, 0.5) is 5.69 Å². The van der Waals surface area contributed by atoms with Crippen molar-refractivity contribution in [3.8, 4) is 5.75 Å². The SMILES string of the molecule is CCc1cnc(CNCc2ccc(N)cc2OC)s1. The van der Waals surface area contributed by atoms with Gasteiger partial charge in [0, 0.05) is 41.5 Å². The summed E-state index contributed by atoms with van der Waals surface area (Å²) >= 11 is 1.76. The molecular weight excluding hydrogens is 258 g/mol. The Morgan fingerprint density at radius 1 is 1.37 bits per heavy atom. The van der Waals surface area contributed by atoms with Crippen LogP contribution in [0.25, 0.3) is 0 Å². The van der Waals surface area contributed by atoms with Crippen molar-refractivity contribution in [3.05, 3.63) is 39.8 Å². The number of methoxy groups -OCH3 is 1. The Labute approximate surface area is 117 Å². The first-order chi connectivity index (χ1) is 9.22. The third-order valence-electron chi connectivity index (χ3n) is 2.85. The predicted octanol–water partition coefficient (Wildman–Crippen LogP) is 2.59. The second-order valence-corrected chi connectivity index (χ2v) is 5.45. The number of benzene rings is 1. The standard InChI is InChI=1S/C14H19N3OS/c1-3-12-8-17-14(19-12)9-16-7-10-4-5-11(15)6-13(10)18-2/h4-6,8,16H,3,7,9,15H2,1-2H3. The fraction of sp³-hybridized carbons (Fsp3) is 0.357. The van der Waals surface area contributed by atoms with Crippen molar-refractivity contribution in [1.82, 2.24) is 10.3 Å². The number of thiazole rings is 1. The Hall–Kier alpha value is -1.59. The summed E-state index contributed by atoms with van der Waals surface area (Å²) in [6.07, 6.45) is 2.99. The van der Waals surface area contributed by atoms with Gasteiger partial charge in [0.1, 0.15) is 10.8 Å². The van der Waals surface area contributed by atoms with E-state index in [1.807, 2.05) is 24.4 Å². The summed E-state index contributed by atoms with van der Waals surface area (Å²) < 4.78 is 5.32. The van der Waals surface area contributed by atoms with Crippen molar-refractivity contribution in [1.29, 1.82) is 0 Å². The molecule has 0 radical (unpaired) electrons. The monoisotopic (exact) mass is 277 g/mol. The molecule has 0 saturated carbocycles. The molecule has 2 rings (SSSR count). The van der Waals surface area contributed by atoms with Gasteiger partial charge in [-0.3, -0.25) is 0 Å². The number of rotatable bonds is 6. The van der Waals surface area contributed by atoms with Gasteiger partial charge in [0.05, 0.1) is 7.11 Å². The molecule has 0 atom stereocenters. The Bertz CT molecular complexity index is 539. The van der Waals surface area contributed by atoms with Gasteiger partial charge in [0.2, 0.25) is 0 Å². The fourth-order valence-corrected chi connectivity index (χ4v) is 2.64. The van der Waals surface area contributed by atoms with Crippen LogP contribution in [-0.2, 0) is 19.5 Å². The molecule has 0 aliphatic heterocycles. The van der Waals surface area contributed by atoms with Crippen molar-refractivity contribution in [2.75, 3.05) is 12.8 Å². The molecule has 4 nitrogen and oxygen atoms in total. The second-order valence-electron chi connectivity index (χ2n) is 4.25. The Kier molecular flexibility index (Phi) is 4.76. The molecule has 0 spiro atoms. The molecular formula is C14H19N3OS. The number of nitrogen functional groups attached to an aromatic ring is 1. The number of ether oxygens (including phenoxy) is 1. The highest BCUT2D eigenvalue weighted by Gasteiger charge is 2.04. The lowest BCUT2D eigenvalue weighted by Crippen LogP contribution is -2.13. The maximum absolute atomic E-state index is 5.73. The van der Waals surface area contributed by atoms with Crippen LogP contribution in [0.15, 0.2) is 24.4 Å². The molecule has 1 heterocycles. The van der Waals surface area contributed by atoms with Gasteiger partial charge in [-0.2, -0.15) is 0 Å². The van der Waals surface area contributed by atoms with Gasteiger partial charge in [-0.1, -0.05) is 13.0 Å². The molecule has 0 aliphatic carbocycles. The van der Waals surface area contributed by atoms with Crippen LogP contribution in [0.3, 0.4) is 0 Å². The lowest BCUT2D eigenvalue weighted by Gasteiger charge is -2.09. The van der Waals surface area contributed by atoms with Crippen LogP contribution in [0, 0.1) is 0 Å². The van der Waals surface area contributed by atoms with E-state index in [4.69, 9.17) is 10.5 Å². The van der Waals surface area contributed by atoms with Gasteiger partial charge in [-0.25, -0.2) is 4.98 Å². The van der Waals surface area contributed by atoms with Gasteiger partial charge in [0.15, 0.2) is 0 Å². The maximum atomic E-state index is 5.73. The van der Waals surface area contributed by atoms with Gasteiger partial charge in [0.25, 0.3) is 0 Å². The quantitative estimate of drug-likeness (QED) is 0.797. The molecule has 0 saturated heterocycles. The first-order valence-electron chi connectivity index (χ1n) is 6.29. The third kappa shape index (κ3) is 3.68. The zero-order valence-electron chi connectivity index (χ0n) is 11.3. The summed E-state index contributed by atoms with van der Waals surface area (Å²) in [5, 5.41) is 4.49. The zero-order valence-corrected chi connectivity index (χ0v) is 12.1. The summed E-state index contributed by atoms with van der Waals surface area (Å²) in [6.45, 7) is 3.66. The van der Waals surface area contributed by atoms with Crippen LogP contribution in [0.5, 0.6) is 5.75 Å². The topological polar surface area (TPSA) is 60.2 Å². The number of anilines is 1. The van der Waals surface area contributed by atoms with E-state index in [0.717, 1.165) is 35.8 Å². The average molecular weight is 277 g/mol. The number of nitrogens with one attached hydrogen (secondary N) is 1.